The number of hydrogen-bond acceptors (Lipinski definition) is 3. The standard InChI is InChI=1S/C12H15F2N3O/c13-12(14)4-2-7-17(8-5-12)11-9(10(15)18)3-1-6-16-11/h1,3,6H,2,4-5,7-8H2,(H2,15,18). The molecule has 18 heavy (non-hydrogen) atoms. The van der Waals surface area contributed by atoms with Crippen LogP contribution in [0.2, 0.25) is 0 Å². The number of carbonyl (C=O) groups excluding carboxylic acids is 1. The van der Waals surface area contributed by atoms with Crippen LogP contribution in [-0.2, 0) is 0 Å². The topological polar surface area (TPSA) is 59.2 Å². The number of hydrogen-bond donors (Lipinski definition) is 1. The van der Waals surface area contributed by atoms with Crippen molar-refractivity contribution >= 4 is 11.7 Å². The first-order chi connectivity index (χ1) is 8.49. The van der Waals surface area contributed by atoms with Gasteiger partial charge in [0.25, 0.3) is 5.91 Å². The zero-order chi connectivity index (χ0) is 13.2. The van der Waals surface area contributed by atoms with Crippen molar-refractivity contribution in [3.05, 3.63) is 23.9 Å². The highest BCUT2D eigenvalue weighted by atomic mass is 19.3. The molecular formula is C12H15F2N3O. The van der Waals surface area contributed by atoms with Gasteiger partial charge in [-0.2, -0.15) is 0 Å². The van der Waals surface area contributed by atoms with Crippen molar-refractivity contribution in [3.63, 3.8) is 0 Å². The fourth-order valence-electron chi connectivity index (χ4n) is 2.12. The summed E-state index contributed by atoms with van der Waals surface area (Å²) in [4.78, 5) is 17.1. The number of halogens is 2. The van der Waals surface area contributed by atoms with Gasteiger partial charge in [-0.05, 0) is 18.6 Å². The summed E-state index contributed by atoms with van der Waals surface area (Å²) < 4.78 is 26.5. The Kier molecular flexibility index (Phi) is 3.45. The molecule has 98 valence electrons. The van der Waals surface area contributed by atoms with E-state index in [1.54, 1.807) is 17.0 Å². The van der Waals surface area contributed by atoms with Crippen molar-refractivity contribution in [2.75, 3.05) is 18.0 Å². The van der Waals surface area contributed by atoms with Gasteiger partial charge < -0.3 is 10.6 Å². The van der Waals surface area contributed by atoms with Crippen molar-refractivity contribution in [2.24, 2.45) is 5.73 Å². The second-order valence-corrected chi connectivity index (χ2v) is 4.44. The number of nitrogens with zero attached hydrogens (tertiary/aromatic N) is 2. The Balaban J connectivity index is 2.24. The molecule has 0 bridgehead atoms. The van der Waals surface area contributed by atoms with Gasteiger partial charge in [0.1, 0.15) is 5.82 Å². The predicted octanol–water partition coefficient (Wildman–Crippen LogP) is 1.81. The summed E-state index contributed by atoms with van der Waals surface area (Å²) in [5, 5.41) is 0. The minimum atomic E-state index is -2.63. The van der Waals surface area contributed by atoms with Gasteiger partial charge >= 0.3 is 0 Å². The summed E-state index contributed by atoms with van der Waals surface area (Å²) in [6, 6.07) is 3.17. The quantitative estimate of drug-likeness (QED) is 0.876. The Morgan fingerprint density at radius 2 is 2.17 bits per heavy atom. The molecule has 0 aliphatic carbocycles. The van der Waals surface area contributed by atoms with E-state index in [1.165, 1.54) is 6.20 Å². The summed E-state index contributed by atoms with van der Waals surface area (Å²) in [6.07, 6.45) is 1.57. The van der Waals surface area contributed by atoms with Crippen LogP contribution in [0.3, 0.4) is 0 Å². The molecule has 4 nitrogen and oxygen atoms in total. The second-order valence-electron chi connectivity index (χ2n) is 4.44. The molecule has 0 spiro atoms. The van der Waals surface area contributed by atoms with Crippen molar-refractivity contribution in [2.45, 2.75) is 25.2 Å². The Labute approximate surface area is 104 Å². The van der Waals surface area contributed by atoms with E-state index < -0.39 is 11.8 Å². The largest absolute Gasteiger partial charge is 0.365 e. The monoisotopic (exact) mass is 255 g/mol. The number of aromatic nitrogens is 1. The van der Waals surface area contributed by atoms with Crippen molar-refractivity contribution in [3.8, 4) is 0 Å². The lowest BCUT2D eigenvalue weighted by atomic mass is 10.1. The van der Waals surface area contributed by atoms with E-state index in [2.05, 4.69) is 4.98 Å². The Morgan fingerprint density at radius 1 is 1.39 bits per heavy atom. The number of anilines is 1. The van der Waals surface area contributed by atoms with E-state index in [4.69, 9.17) is 5.73 Å². The maximum Gasteiger partial charge on any atom is 0.252 e. The molecule has 6 heteroatoms. The molecule has 1 aromatic heterocycles. The first-order valence-corrected chi connectivity index (χ1v) is 5.87. The normalized spacial score (nSPS) is 19.3. The van der Waals surface area contributed by atoms with E-state index in [1.807, 2.05) is 0 Å². The Hall–Kier alpha value is -1.72. The van der Waals surface area contributed by atoms with Gasteiger partial charge in [0, 0.05) is 32.1 Å². The summed E-state index contributed by atoms with van der Waals surface area (Å²) >= 11 is 0. The number of amides is 1. The summed E-state index contributed by atoms with van der Waals surface area (Å²) in [5.74, 6) is -2.81. The molecule has 1 aliphatic rings. The molecule has 0 atom stereocenters. The Morgan fingerprint density at radius 3 is 2.89 bits per heavy atom. The molecule has 1 fully saturated rings. The first kappa shape index (κ1) is 12.7. The lowest BCUT2D eigenvalue weighted by Crippen LogP contribution is -2.29. The first-order valence-electron chi connectivity index (χ1n) is 5.87. The number of pyridine rings is 1. The predicted molar refractivity (Wildman–Crippen MR) is 63.8 cm³/mol. The van der Waals surface area contributed by atoms with Gasteiger partial charge in [-0.1, -0.05) is 0 Å². The van der Waals surface area contributed by atoms with E-state index in [-0.39, 0.29) is 24.9 Å². The fraction of sp³-hybridized carbons (Fsp3) is 0.500. The van der Waals surface area contributed by atoms with Crippen LogP contribution in [0.25, 0.3) is 0 Å². The van der Waals surface area contributed by atoms with Gasteiger partial charge in [-0.25, -0.2) is 13.8 Å². The molecule has 0 unspecified atom stereocenters. The molecule has 2 rings (SSSR count). The van der Waals surface area contributed by atoms with Crippen molar-refractivity contribution in [1.82, 2.24) is 4.98 Å². The second kappa shape index (κ2) is 4.88. The van der Waals surface area contributed by atoms with Crippen LogP contribution in [0.15, 0.2) is 18.3 Å². The smallest absolute Gasteiger partial charge is 0.252 e. The average molecular weight is 255 g/mol. The zero-order valence-corrected chi connectivity index (χ0v) is 9.90. The highest BCUT2D eigenvalue weighted by Crippen LogP contribution is 2.30. The van der Waals surface area contributed by atoms with Gasteiger partial charge in [-0.15, -0.1) is 0 Å². The summed E-state index contributed by atoms with van der Waals surface area (Å²) in [7, 11) is 0. The highest BCUT2D eigenvalue weighted by Gasteiger charge is 2.32. The SMILES string of the molecule is NC(=O)c1cccnc1N1CCCC(F)(F)CC1. The maximum atomic E-state index is 13.3. The molecule has 0 aromatic carbocycles. The van der Waals surface area contributed by atoms with Crippen LogP contribution < -0.4 is 10.6 Å². The minimum Gasteiger partial charge on any atom is -0.365 e. The number of carbonyl (C=O) groups is 1. The molecule has 2 N–H and O–H groups in total. The lowest BCUT2D eigenvalue weighted by molar-refractivity contribution is -0.0102. The van der Waals surface area contributed by atoms with Crippen LogP contribution in [0, 0.1) is 0 Å². The maximum absolute atomic E-state index is 13.3. The minimum absolute atomic E-state index is 0.123. The van der Waals surface area contributed by atoms with Gasteiger partial charge in [-0.3, -0.25) is 4.79 Å². The lowest BCUT2D eigenvalue weighted by Gasteiger charge is -2.23. The fourth-order valence-corrected chi connectivity index (χ4v) is 2.12. The van der Waals surface area contributed by atoms with Crippen LogP contribution in [0.1, 0.15) is 29.6 Å². The van der Waals surface area contributed by atoms with Gasteiger partial charge in [0.15, 0.2) is 0 Å². The van der Waals surface area contributed by atoms with Crippen LogP contribution in [-0.4, -0.2) is 29.9 Å². The molecule has 1 aliphatic heterocycles. The number of primary amides is 1. The van der Waals surface area contributed by atoms with E-state index in [0.29, 0.717) is 18.8 Å². The number of alkyl halides is 2. The molecule has 1 amide bonds. The van der Waals surface area contributed by atoms with Crippen molar-refractivity contribution in [1.29, 1.82) is 0 Å². The molecule has 1 saturated heterocycles. The average Bonchev–Trinajstić information content (AvgIpc) is 2.50. The number of nitrogens with two attached hydrogens (primary N) is 1. The van der Waals surface area contributed by atoms with Crippen LogP contribution >= 0.6 is 0 Å². The molecule has 1 aromatic rings. The molecule has 0 radical (unpaired) electrons. The summed E-state index contributed by atoms with van der Waals surface area (Å²) in [6.45, 7) is 0.650. The van der Waals surface area contributed by atoms with E-state index in [0.717, 1.165) is 0 Å². The van der Waals surface area contributed by atoms with Crippen LogP contribution in [0.5, 0.6) is 0 Å². The zero-order valence-electron chi connectivity index (χ0n) is 9.90. The summed E-state index contributed by atoms with van der Waals surface area (Å²) in [5.41, 5.74) is 5.54. The Bertz CT molecular complexity index is 451. The molecule has 0 saturated carbocycles. The van der Waals surface area contributed by atoms with Gasteiger partial charge in [0.05, 0.1) is 5.56 Å². The van der Waals surface area contributed by atoms with Crippen LogP contribution in [0.4, 0.5) is 14.6 Å². The van der Waals surface area contributed by atoms with E-state index in [9.17, 15) is 13.6 Å². The van der Waals surface area contributed by atoms with Crippen molar-refractivity contribution < 1.29 is 13.6 Å². The molecule has 2 heterocycles. The van der Waals surface area contributed by atoms with Gasteiger partial charge in [0.2, 0.25) is 5.92 Å². The highest BCUT2D eigenvalue weighted by molar-refractivity contribution is 5.97. The third kappa shape index (κ3) is 2.75. The third-order valence-electron chi connectivity index (χ3n) is 3.07. The molecular weight excluding hydrogens is 240 g/mol. The number of rotatable bonds is 2. The third-order valence-corrected chi connectivity index (χ3v) is 3.07. The van der Waals surface area contributed by atoms with E-state index >= 15 is 0 Å².